The van der Waals surface area contributed by atoms with E-state index in [-0.39, 0.29) is 15.8 Å². The summed E-state index contributed by atoms with van der Waals surface area (Å²) in [5, 5.41) is 10.9. The van der Waals surface area contributed by atoms with Crippen LogP contribution >= 0.6 is 22.7 Å². The quantitative estimate of drug-likeness (QED) is 0.860. The fourth-order valence-corrected chi connectivity index (χ4v) is 4.29. The van der Waals surface area contributed by atoms with Gasteiger partial charge in [0.15, 0.2) is 9.34 Å². The van der Waals surface area contributed by atoms with Crippen molar-refractivity contribution in [3.63, 3.8) is 0 Å². The third-order valence-corrected chi connectivity index (χ3v) is 5.62. The molecule has 0 bridgehead atoms. The van der Waals surface area contributed by atoms with Gasteiger partial charge in [-0.1, -0.05) is 0 Å². The van der Waals surface area contributed by atoms with Crippen LogP contribution in [0, 0.1) is 6.92 Å². The van der Waals surface area contributed by atoms with Gasteiger partial charge < -0.3 is 5.11 Å². The fraction of sp³-hybridized carbons (Fsp3) is 0.222. The average molecular weight is 319 g/mol. The Balaban J connectivity index is 2.16. The van der Waals surface area contributed by atoms with Crippen molar-refractivity contribution in [2.45, 2.75) is 17.6 Å². The number of sulfonamides is 1. The van der Waals surface area contributed by atoms with Crippen molar-refractivity contribution in [2.24, 2.45) is 0 Å². The Bertz CT molecular complexity index is 704. The Morgan fingerprint density at radius 2 is 2.26 bits per heavy atom. The molecule has 0 fully saturated rings. The van der Waals surface area contributed by atoms with Gasteiger partial charge in [-0.25, -0.2) is 18.4 Å². The van der Waals surface area contributed by atoms with E-state index in [1.165, 1.54) is 11.6 Å². The highest BCUT2D eigenvalue weighted by molar-refractivity contribution is 7.94. The predicted octanol–water partition coefficient (Wildman–Crippen LogP) is 1.34. The van der Waals surface area contributed by atoms with Gasteiger partial charge in [0.25, 0.3) is 10.0 Å². The molecule has 0 saturated carbocycles. The number of thiazole rings is 2. The molecular weight excluding hydrogens is 310 g/mol. The van der Waals surface area contributed by atoms with Gasteiger partial charge in [-0.15, -0.1) is 22.7 Å². The number of carbonyl (C=O) groups is 1. The number of nitrogens with zero attached hydrogens (tertiary/aromatic N) is 2. The zero-order valence-electron chi connectivity index (χ0n) is 9.65. The summed E-state index contributed by atoms with van der Waals surface area (Å²) < 4.78 is 26.3. The van der Waals surface area contributed by atoms with Crippen LogP contribution in [0.15, 0.2) is 15.8 Å². The van der Waals surface area contributed by atoms with Crippen molar-refractivity contribution in [1.29, 1.82) is 0 Å². The number of aromatic nitrogens is 2. The number of aryl methyl sites for hydroxylation is 1. The Labute approximate surface area is 117 Å². The summed E-state index contributed by atoms with van der Waals surface area (Å²) >= 11 is 2.09. The first-order valence-electron chi connectivity index (χ1n) is 4.98. The minimum absolute atomic E-state index is 0.0972. The molecule has 19 heavy (non-hydrogen) atoms. The molecule has 0 aliphatic rings. The third kappa shape index (κ3) is 3.49. The van der Waals surface area contributed by atoms with E-state index in [1.807, 2.05) is 0 Å². The summed E-state index contributed by atoms with van der Waals surface area (Å²) in [6.45, 7) is 1.71. The van der Waals surface area contributed by atoms with E-state index in [4.69, 9.17) is 5.11 Å². The molecule has 0 spiro atoms. The Morgan fingerprint density at radius 3 is 2.84 bits per heavy atom. The zero-order valence-corrected chi connectivity index (χ0v) is 12.1. The minimum atomic E-state index is -3.70. The number of hydrogen-bond donors (Lipinski definition) is 2. The number of hydrogen-bond acceptors (Lipinski definition) is 7. The van der Waals surface area contributed by atoms with Crippen LogP contribution in [0.25, 0.3) is 0 Å². The van der Waals surface area contributed by atoms with Crippen LogP contribution in [0.4, 0.5) is 5.13 Å². The van der Waals surface area contributed by atoms with Crippen LogP contribution in [0.5, 0.6) is 0 Å². The smallest absolute Gasteiger partial charge is 0.309 e. The summed E-state index contributed by atoms with van der Waals surface area (Å²) in [6.07, 6.45) is 1.03. The predicted molar refractivity (Wildman–Crippen MR) is 71.1 cm³/mol. The largest absolute Gasteiger partial charge is 0.481 e. The fourth-order valence-electron chi connectivity index (χ4n) is 1.22. The van der Waals surface area contributed by atoms with Crippen LogP contribution < -0.4 is 4.72 Å². The monoisotopic (exact) mass is 319 g/mol. The number of aliphatic carboxylic acids is 1. The van der Waals surface area contributed by atoms with Gasteiger partial charge in [0.05, 0.1) is 23.3 Å². The number of nitrogens with one attached hydrogen (secondary N) is 1. The molecule has 0 saturated heterocycles. The molecule has 10 heteroatoms. The topological polar surface area (TPSA) is 109 Å². The molecule has 0 unspecified atom stereocenters. The molecule has 7 nitrogen and oxygen atoms in total. The van der Waals surface area contributed by atoms with Gasteiger partial charge in [0, 0.05) is 5.38 Å². The van der Waals surface area contributed by atoms with E-state index in [0.717, 1.165) is 22.7 Å². The maximum atomic E-state index is 12.0. The number of rotatable bonds is 5. The summed E-state index contributed by atoms with van der Waals surface area (Å²) in [7, 11) is -3.70. The molecule has 102 valence electrons. The van der Waals surface area contributed by atoms with E-state index in [2.05, 4.69) is 14.7 Å². The lowest BCUT2D eigenvalue weighted by atomic mass is 10.3. The SMILES string of the molecule is Cc1ncc(S(=O)(=O)Nc2nc(CC(=O)O)cs2)s1. The molecule has 2 aromatic heterocycles. The van der Waals surface area contributed by atoms with Gasteiger partial charge in [-0.3, -0.25) is 9.52 Å². The van der Waals surface area contributed by atoms with Crippen molar-refractivity contribution in [2.75, 3.05) is 4.72 Å². The lowest BCUT2D eigenvalue weighted by Crippen LogP contribution is -2.11. The first-order chi connectivity index (χ1) is 8.87. The third-order valence-electron chi connectivity index (χ3n) is 1.97. The highest BCUT2D eigenvalue weighted by Crippen LogP contribution is 2.23. The van der Waals surface area contributed by atoms with Crippen molar-refractivity contribution >= 4 is 43.8 Å². The van der Waals surface area contributed by atoms with E-state index < -0.39 is 16.0 Å². The molecule has 0 aliphatic carbocycles. The molecule has 2 rings (SSSR count). The van der Waals surface area contributed by atoms with Gasteiger partial charge in [-0.05, 0) is 6.92 Å². The summed E-state index contributed by atoms with van der Waals surface area (Å²) in [4.78, 5) is 18.3. The van der Waals surface area contributed by atoms with Crippen molar-refractivity contribution in [1.82, 2.24) is 9.97 Å². The summed E-state index contributed by atoms with van der Waals surface area (Å²) in [6, 6.07) is 0. The van der Waals surface area contributed by atoms with Gasteiger partial charge in [0.2, 0.25) is 0 Å². The first-order valence-corrected chi connectivity index (χ1v) is 8.16. The number of carboxylic acids is 1. The lowest BCUT2D eigenvalue weighted by Gasteiger charge is -2.00. The van der Waals surface area contributed by atoms with Gasteiger partial charge >= 0.3 is 5.97 Å². The number of anilines is 1. The lowest BCUT2D eigenvalue weighted by molar-refractivity contribution is -0.136. The molecule has 2 N–H and O–H groups in total. The standard InChI is InChI=1S/C9H9N3O4S3/c1-5-10-3-8(18-5)19(15,16)12-9-11-6(4-17-9)2-7(13)14/h3-4H,2H2,1H3,(H,11,12)(H,13,14). The summed E-state index contributed by atoms with van der Waals surface area (Å²) in [5.74, 6) is -1.02. The highest BCUT2D eigenvalue weighted by Gasteiger charge is 2.19. The Kier molecular flexibility index (Phi) is 3.83. The van der Waals surface area contributed by atoms with Crippen LogP contribution in [0.1, 0.15) is 10.7 Å². The molecule has 0 amide bonds. The molecule has 0 radical (unpaired) electrons. The van der Waals surface area contributed by atoms with Gasteiger partial charge in [-0.2, -0.15) is 0 Å². The molecule has 2 heterocycles. The van der Waals surface area contributed by atoms with Crippen LogP contribution in [-0.4, -0.2) is 29.5 Å². The van der Waals surface area contributed by atoms with Crippen molar-refractivity contribution in [3.8, 4) is 0 Å². The molecule has 0 aromatic carbocycles. The van der Waals surface area contributed by atoms with Crippen molar-refractivity contribution < 1.29 is 18.3 Å². The maximum Gasteiger partial charge on any atom is 0.309 e. The second-order valence-electron chi connectivity index (χ2n) is 3.52. The van der Waals surface area contributed by atoms with E-state index in [1.54, 1.807) is 6.92 Å². The highest BCUT2D eigenvalue weighted by atomic mass is 32.2. The zero-order chi connectivity index (χ0) is 14.0. The molecule has 0 atom stereocenters. The van der Waals surface area contributed by atoms with Crippen LogP contribution in [-0.2, 0) is 21.2 Å². The molecule has 0 aliphatic heterocycles. The number of carboxylic acid groups (broad SMARTS) is 1. The van der Waals surface area contributed by atoms with Gasteiger partial charge in [0.1, 0.15) is 0 Å². The van der Waals surface area contributed by atoms with E-state index in [9.17, 15) is 13.2 Å². The maximum absolute atomic E-state index is 12.0. The van der Waals surface area contributed by atoms with Crippen LogP contribution in [0.2, 0.25) is 0 Å². The molecular formula is C9H9N3O4S3. The normalized spacial score (nSPS) is 11.4. The first kappa shape index (κ1) is 13.9. The Morgan fingerprint density at radius 1 is 1.53 bits per heavy atom. The van der Waals surface area contributed by atoms with Crippen LogP contribution in [0.3, 0.4) is 0 Å². The second kappa shape index (κ2) is 5.23. The Hall–Kier alpha value is -1.52. The minimum Gasteiger partial charge on any atom is -0.481 e. The van der Waals surface area contributed by atoms with E-state index >= 15 is 0 Å². The summed E-state index contributed by atoms with van der Waals surface area (Å²) in [5.41, 5.74) is 0.315. The average Bonchev–Trinajstić information content (AvgIpc) is 2.87. The molecule has 2 aromatic rings. The van der Waals surface area contributed by atoms with E-state index in [0.29, 0.717) is 10.7 Å². The van der Waals surface area contributed by atoms with Crippen molar-refractivity contribution in [3.05, 3.63) is 22.3 Å². The second-order valence-corrected chi connectivity index (χ2v) is 7.52.